The van der Waals surface area contributed by atoms with Gasteiger partial charge in [-0.25, -0.2) is 13.2 Å². The Kier molecular flexibility index (Phi) is 4.88. The van der Waals surface area contributed by atoms with Crippen LogP contribution >= 0.6 is 0 Å². The van der Waals surface area contributed by atoms with Crippen molar-refractivity contribution in [3.8, 4) is 0 Å². The monoisotopic (exact) mass is 406 g/mol. The Balaban J connectivity index is 1.85. The van der Waals surface area contributed by atoms with E-state index in [1.807, 2.05) is 44.2 Å². The maximum atomic E-state index is 13.4. The number of nitrogens with zero attached hydrogens (tertiary/aromatic N) is 2. The Morgan fingerprint density at radius 2 is 1.59 bits per heavy atom. The van der Waals surface area contributed by atoms with E-state index in [0.29, 0.717) is 11.4 Å². The number of carbonyl (C=O) groups excluding carboxylic acids is 1. The lowest BCUT2D eigenvalue weighted by Crippen LogP contribution is -2.50. The molecule has 0 saturated heterocycles. The zero-order valence-corrected chi connectivity index (χ0v) is 17.2. The highest BCUT2D eigenvalue weighted by Gasteiger charge is 2.42. The van der Waals surface area contributed by atoms with E-state index in [1.54, 1.807) is 42.5 Å². The number of fused-ring (bicyclic) bond motifs is 1. The molecular weight excluding hydrogens is 384 g/mol. The molecule has 0 aliphatic carbocycles. The van der Waals surface area contributed by atoms with E-state index in [-0.39, 0.29) is 11.4 Å². The Labute approximate surface area is 171 Å². The van der Waals surface area contributed by atoms with Gasteiger partial charge in [-0.05, 0) is 48.7 Å². The number of aryl methyl sites for hydroxylation is 2. The molecule has 0 radical (unpaired) electrons. The summed E-state index contributed by atoms with van der Waals surface area (Å²) in [5, 5.41) is 0. The molecule has 6 heteroatoms. The van der Waals surface area contributed by atoms with Gasteiger partial charge in [0.1, 0.15) is 4.90 Å². The maximum absolute atomic E-state index is 13.4. The number of hydrogen-bond acceptors (Lipinski definition) is 3. The fourth-order valence-corrected chi connectivity index (χ4v) is 5.08. The predicted molar refractivity (Wildman–Crippen MR) is 115 cm³/mol. The van der Waals surface area contributed by atoms with E-state index >= 15 is 0 Å². The van der Waals surface area contributed by atoms with Crippen molar-refractivity contribution >= 4 is 27.4 Å². The second-order valence-electron chi connectivity index (χ2n) is 7.11. The fraction of sp³-hybridized carbons (Fsp3) is 0.174. The van der Waals surface area contributed by atoms with Crippen LogP contribution in [0.25, 0.3) is 0 Å². The van der Waals surface area contributed by atoms with Crippen LogP contribution in [0.4, 0.5) is 16.2 Å². The van der Waals surface area contributed by atoms with Crippen LogP contribution in [-0.2, 0) is 23.0 Å². The minimum Gasteiger partial charge on any atom is -0.287 e. The summed E-state index contributed by atoms with van der Waals surface area (Å²) in [6.45, 7) is 4.28. The molecule has 0 unspecified atom stereocenters. The minimum absolute atomic E-state index is 0.133. The van der Waals surface area contributed by atoms with Crippen LogP contribution in [0.5, 0.6) is 0 Å². The highest BCUT2D eigenvalue weighted by molar-refractivity contribution is 7.94. The Morgan fingerprint density at radius 1 is 0.862 bits per heavy atom. The number of carbonyl (C=O) groups is 1. The van der Waals surface area contributed by atoms with Crippen molar-refractivity contribution in [2.45, 2.75) is 31.7 Å². The molecule has 0 aromatic heterocycles. The van der Waals surface area contributed by atoms with Crippen LogP contribution in [0, 0.1) is 6.92 Å². The molecule has 0 bridgehead atoms. The van der Waals surface area contributed by atoms with Crippen molar-refractivity contribution in [2.75, 3.05) is 9.21 Å². The van der Waals surface area contributed by atoms with Crippen LogP contribution in [0.3, 0.4) is 0 Å². The number of anilines is 2. The molecule has 0 atom stereocenters. The first kappa shape index (κ1) is 19.2. The third kappa shape index (κ3) is 3.40. The van der Waals surface area contributed by atoms with Crippen molar-refractivity contribution in [3.05, 3.63) is 89.5 Å². The summed E-state index contributed by atoms with van der Waals surface area (Å²) < 4.78 is 27.6. The number of urea groups is 1. The van der Waals surface area contributed by atoms with Gasteiger partial charge in [-0.15, -0.1) is 0 Å². The Hall–Kier alpha value is -3.12. The van der Waals surface area contributed by atoms with Gasteiger partial charge in [0.05, 0.1) is 17.9 Å². The SMILES string of the molecule is CCc1cccc(N2C(=O)N(Cc3ccc(C)cc3)c3ccccc3S2(=O)=O)c1. The first-order chi connectivity index (χ1) is 13.9. The van der Waals surface area contributed by atoms with Gasteiger partial charge in [-0.2, -0.15) is 4.31 Å². The van der Waals surface area contributed by atoms with Crippen molar-refractivity contribution in [1.29, 1.82) is 0 Å². The Bertz CT molecular complexity index is 1170. The maximum Gasteiger partial charge on any atom is 0.343 e. The first-order valence-corrected chi connectivity index (χ1v) is 11.0. The van der Waals surface area contributed by atoms with E-state index < -0.39 is 16.1 Å². The van der Waals surface area contributed by atoms with E-state index in [1.165, 1.54) is 4.90 Å². The zero-order chi connectivity index (χ0) is 20.6. The standard InChI is InChI=1S/C23H22N2O3S/c1-3-18-7-6-8-20(15-18)25-23(26)24(16-19-13-11-17(2)12-14-19)21-9-4-5-10-22(21)29(25,27)28/h4-15H,3,16H2,1-2H3. The average Bonchev–Trinajstić information content (AvgIpc) is 2.72. The van der Waals surface area contributed by atoms with Gasteiger partial charge in [0.15, 0.2) is 0 Å². The van der Waals surface area contributed by atoms with E-state index in [0.717, 1.165) is 27.4 Å². The molecule has 29 heavy (non-hydrogen) atoms. The topological polar surface area (TPSA) is 57.7 Å². The molecule has 4 rings (SSSR count). The largest absolute Gasteiger partial charge is 0.343 e. The summed E-state index contributed by atoms with van der Waals surface area (Å²) in [7, 11) is -4.00. The summed E-state index contributed by atoms with van der Waals surface area (Å²) in [6, 6.07) is 21.1. The van der Waals surface area contributed by atoms with Gasteiger partial charge in [-0.3, -0.25) is 4.90 Å². The third-order valence-corrected chi connectivity index (χ3v) is 6.84. The smallest absolute Gasteiger partial charge is 0.287 e. The molecule has 1 heterocycles. The highest BCUT2D eigenvalue weighted by atomic mass is 32.2. The molecule has 3 aromatic carbocycles. The highest BCUT2D eigenvalue weighted by Crippen LogP contribution is 2.38. The van der Waals surface area contributed by atoms with Gasteiger partial charge in [-0.1, -0.05) is 61.0 Å². The second-order valence-corrected chi connectivity index (χ2v) is 8.87. The number of amides is 2. The summed E-state index contributed by atoms with van der Waals surface area (Å²) in [5.41, 5.74) is 3.79. The van der Waals surface area contributed by atoms with Crippen LogP contribution in [0.1, 0.15) is 23.6 Å². The fourth-order valence-electron chi connectivity index (χ4n) is 3.49. The van der Waals surface area contributed by atoms with E-state index in [4.69, 9.17) is 0 Å². The summed E-state index contributed by atoms with van der Waals surface area (Å²) in [4.78, 5) is 15.1. The van der Waals surface area contributed by atoms with Crippen LogP contribution < -0.4 is 9.21 Å². The molecule has 148 valence electrons. The molecule has 0 fully saturated rings. The minimum atomic E-state index is -4.00. The lowest BCUT2D eigenvalue weighted by atomic mass is 10.1. The lowest BCUT2D eigenvalue weighted by molar-refractivity contribution is 0.253. The van der Waals surface area contributed by atoms with Gasteiger partial charge < -0.3 is 0 Å². The predicted octanol–water partition coefficient (Wildman–Crippen LogP) is 4.89. The molecule has 0 N–H and O–H groups in total. The first-order valence-electron chi connectivity index (χ1n) is 9.52. The number of para-hydroxylation sites is 1. The van der Waals surface area contributed by atoms with E-state index in [2.05, 4.69) is 0 Å². The van der Waals surface area contributed by atoms with Crippen LogP contribution in [-0.4, -0.2) is 14.4 Å². The third-order valence-electron chi connectivity index (χ3n) is 5.09. The molecule has 1 aliphatic rings. The van der Waals surface area contributed by atoms with Crippen LogP contribution in [0.2, 0.25) is 0 Å². The second kappa shape index (κ2) is 7.37. The normalized spacial score (nSPS) is 15.3. The number of hydrogen-bond donors (Lipinski definition) is 0. The average molecular weight is 407 g/mol. The van der Waals surface area contributed by atoms with Crippen molar-refractivity contribution < 1.29 is 13.2 Å². The van der Waals surface area contributed by atoms with Crippen LogP contribution in [0.15, 0.2) is 77.7 Å². The summed E-state index contributed by atoms with van der Waals surface area (Å²) in [5.74, 6) is 0. The molecule has 3 aromatic rings. The molecule has 5 nitrogen and oxygen atoms in total. The molecular formula is C23H22N2O3S. The zero-order valence-electron chi connectivity index (χ0n) is 16.4. The lowest BCUT2D eigenvalue weighted by Gasteiger charge is -2.36. The quantitative estimate of drug-likeness (QED) is 0.620. The number of benzene rings is 3. The van der Waals surface area contributed by atoms with Crippen molar-refractivity contribution in [1.82, 2.24) is 0 Å². The molecule has 1 aliphatic heterocycles. The number of sulfonamides is 1. The van der Waals surface area contributed by atoms with Gasteiger partial charge in [0.25, 0.3) is 10.0 Å². The number of rotatable bonds is 4. The van der Waals surface area contributed by atoms with Gasteiger partial charge >= 0.3 is 6.03 Å². The van der Waals surface area contributed by atoms with Crippen molar-refractivity contribution in [2.24, 2.45) is 0 Å². The van der Waals surface area contributed by atoms with Gasteiger partial charge in [0, 0.05) is 0 Å². The molecule has 0 saturated carbocycles. The van der Waals surface area contributed by atoms with Crippen molar-refractivity contribution in [3.63, 3.8) is 0 Å². The molecule has 0 spiro atoms. The van der Waals surface area contributed by atoms with E-state index in [9.17, 15) is 13.2 Å². The summed E-state index contributed by atoms with van der Waals surface area (Å²) in [6.07, 6.45) is 0.750. The molecule has 2 amide bonds. The Morgan fingerprint density at radius 3 is 2.31 bits per heavy atom. The van der Waals surface area contributed by atoms with Gasteiger partial charge in [0.2, 0.25) is 0 Å². The summed E-state index contributed by atoms with van der Waals surface area (Å²) >= 11 is 0.